The maximum atomic E-state index is 12.7. The lowest BCUT2D eigenvalue weighted by atomic mass is 10.2. The molecule has 1 unspecified atom stereocenters. The molecule has 0 aliphatic heterocycles. The Kier molecular flexibility index (Phi) is 5.72. The molecule has 6 nitrogen and oxygen atoms in total. The number of carbonyl (C=O) groups excluding carboxylic acids is 1. The average molecular weight is 451 g/mol. The highest BCUT2D eigenvalue weighted by atomic mass is 79.9. The SMILES string of the molecule is Cc1nn(Cc2ccc(Cl)cc2)c(C)c1NC(=O)C(C)n1ncc(Br)c1C. The number of rotatable bonds is 5. The summed E-state index contributed by atoms with van der Waals surface area (Å²) in [5.74, 6) is -0.133. The number of nitrogens with one attached hydrogen (secondary N) is 1. The van der Waals surface area contributed by atoms with Crippen LogP contribution in [0.5, 0.6) is 0 Å². The van der Waals surface area contributed by atoms with Crippen molar-refractivity contribution in [3.63, 3.8) is 0 Å². The van der Waals surface area contributed by atoms with Gasteiger partial charge in [0.2, 0.25) is 5.91 Å². The molecule has 1 atom stereocenters. The van der Waals surface area contributed by atoms with E-state index in [4.69, 9.17) is 11.6 Å². The van der Waals surface area contributed by atoms with E-state index < -0.39 is 6.04 Å². The normalized spacial score (nSPS) is 12.2. The van der Waals surface area contributed by atoms with Gasteiger partial charge < -0.3 is 5.32 Å². The molecule has 2 aromatic heterocycles. The predicted octanol–water partition coefficient (Wildman–Crippen LogP) is 4.67. The van der Waals surface area contributed by atoms with Gasteiger partial charge in [-0.2, -0.15) is 10.2 Å². The lowest BCUT2D eigenvalue weighted by molar-refractivity contribution is -0.119. The van der Waals surface area contributed by atoms with Gasteiger partial charge in [-0.15, -0.1) is 0 Å². The first-order valence-electron chi connectivity index (χ1n) is 8.57. The summed E-state index contributed by atoms with van der Waals surface area (Å²) in [5, 5.41) is 12.6. The summed E-state index contributed by atoms with van der Waals surface area (Å²) in [6.07, 6.45) is 1.69. The molecule has 0 radical (unpaired) electrons. The van der Waals surface area contributed by atoms with Crippen molar-refractivity contribution < 1.29 is 4.79 Å². The molecule has 8 heteroatoms. The summed E-state index contributed by atoms with van der Waals surface area (Å²) in [5.41, 5.74) is 4.42. The second-order valence-electron chi connectivity index (χ2n) is 6.52. The molecule has 1 N–H and O–H groups in total. The van der Waals surface area contributed by atoms with Gasteiger partial charge in [0.05, 0.1) is 40.0 Å². The van der Waals surface area contributed by atoms with Crippen molar-refractivity contribution in [1.82, 2.24) is 19.6 Å². The maximum absolute atomic E-state index is 12.7. The van der Waals surface area contributed by atoms with Gasteiger partial charge in [0.1, 0.15) is 6.04 Å². The Hall–Kier alpha value is -2.12. The molecule has 0 fully saturated rings. The molecule has 2 heterocycles. The highest BCUT2D eigenvalue weighted by Gasteiger charge is 2.21. The Bertz CT molecular complexity index is 977. The number of halogens is 2. The zero-order chi connectivity index (χ0) is 19.7. The minimum Gasteiger partial charge on any atom is -0.321 e. The quantitative estimate of drug-likeness (QED) is 0.614. The number of aryl methyl sites for hydroxylation is 1. The smallest absolute Gasteiger partial charge is 0.249 e. The predicted molar refractivity (Wildman–Crippen MR) is 110 cm³/mol. The van der Waals surface area contributed by atoms with Crippen LogP contribution >= 0.6 is 27.5 Å². The van der Waals surface area contributed by atoms with Gasteiger partial charge in [0.15, 0.2) is 0 Å². The van der Waals surface area contributed by atoms with E-state index in [1.165, 1.54) is 0 Å². The van der Waals surface area contributed by atoms with Crippen LogP contribution in [0, 0.1) is 20.8 Å². The Labute approximate surface area is 171 Å². The Morgan fingerprint density at radius 2 is 1.89 bits per heavy atom. The van der Waals surface area contributed by atoms with Gasteiger partial charge in [0.25, 0.3) is 0 Å². The second kappa shape index (κ2) is 7.86. The summed E-state index contributed by atoms with van der Waals surface area (Å²) < 4.78 is 4.46. The topological polar surface area (TPSA) is 64.7 Å². The van der Waals surface area contributed by atoms with E-state index in [1.54, 1.807) is 10.9 Å². The van der Waals surface area contributed by atoms with E-state index in [0.717, 1.165) is 32.8 Å². The van der Waals surface area contributed by atoms with Crippen LogP contribution in [-0.4, -0.2) is 25.5 Å². The van der Waals surface area contributed by atoms with Crippen LogP contribution in [0.1, 0.15) is 35.6 Å². The molecule has 0 bridgehead atoms. The summed E-state index contributed by atoms with van der Waals surface area (Å²) in [6.45, 7) is 8.19. The Morgan fingerprint density at radius 3 is 2.48 bits per heavy atom. The second-order valence-corrected chi connectivity index (χ2v) is 7.81. The molecule has 0 aliphatic rings. The standard InChI is InChI=1S/C19H21BrClN5O/c1-11-18(23-19(27)14(4)26-12(2)17(20)9-22-26)13(3)25(24-11)10-15-5-7-16(21)8-6-15/h5-9,14H,10H2,1-4H3,(H,23,27). The number of nitrogens with zero attached hydrogens (tertiary/aromatic N) is 4. The van der Waals surface area contributed by atoms with E-state index in [0.29, 0.717) is 11.6 Å². The zero-order valence-electron chi connectivity index (χ0n) is 15.6. The molecule has 142 valence electrons. The van der Waals surface area contributed by atoms with Crippen LogP contribution in [0.25, 0.3) is 0 Å². The number of benzene rings is 1. The Morgan fingerprint density at radius 1 is 1.22 bits per heavy atom. The largest absolute Gasteiger partial charge is 0.321 e. The van der Waals surface area contributed by atoms with Gasteiger partial charge in [0, 0.05) is 5.02 Å². The molecule has 27 heavy (non-hydrogen) atoms. The summed E-state index contributed by atoms with van der Waals surface area (Å²) in [7, 11) is 0. The third kappa shape index (κ3) is 4.09. The number of anilines is 1. The van der Waals surface area contributed by atoms with Crippen LogP contribution in [0.3, 0.4) is 0 Å². The molecule has 0 saturated heterocycles. The van der Waals surface area contributed by atoms with Crippen LogP contribution < -0.4 is 5.32 Å². The summed E-state index contributed by atoms with van der Waals surface area (Å²) in [4.78, 5) is 12.7. The molecular formula is C19H21BrClN5O. The first-order chi connectivity index (χ1) is 12.8. The number of aromatic nitrogens is 4. The van der Waals surface area contributed by atoms with Crippen LogP contribution in [0.4, 0.5) is 5.69 Å². The third-order valence-electron chi connectivity index (χ3n) is 4.61. The van der Waals surface area contributed by atoms with E-state index in [1.807, 2.05) is 56.6 Å². The van der Waals surface area contributed by atoms with Crippen LogP contribution in [-0.2, 0) is 11.3 Å². The molecule has 0 spiro atoms. The van der Waals surface area contributed by atoms with Gasteiger partial charge in [-0.3, -0.25) is 14.2 Å². The van der Waals surface area contributed by atoms with Crippen molar-refractivity contribution in [2.75, 3.05) is 5.32 Å². The van der Waals surface area contributed by atoms with Crippen molar-refractivity contribution in [1.29, 1.82) is 0 Å². The van der Waals surface area contributed by atoms with Gasteiger partial charge in [-0.1, -0.05) is 23.7 Å². The minimum atomic E-state index is -0.435. The van der Waals surface area contributed by atoms with Gasteiger partial charge >= 0.3 is 0 Å². The van der Waals surface area contributed by atoms with E-state index in [2.05, 4.69) is 31.4 Å². The number of carbonyl (C=O) groups is 1. The van der Waals surface area contributed by atoms with Crippen LogP contribution in [0.2, 0.25) is 5.02 Å². The summed E-state index contributed by atoms with van der Waals surface area (Å²) in [6, 6.07) is 7.22. The van der Waals surface area contributed by atoms with Gasteiger partial charge in [-0.25, -0.2) is 0 Å². The first-order valence-corrected chi connectivity index (χ1v) is 9.74. The fourth-order valence-corrected chi connectivity index (χ4v) is 3.33. The van der Waals surface area contributed by atoms with Crippen LogP contribution in [0.15, 0.2) is 34.9 Å². The molecule has 1 aromatic carbocycles. The number of hydrogen-bond donors (Lipinski definition) is 1. The molecule has 3 aromatic rings. The number of hydrogen-bond acceptors (Lipinski definition) is 3. The Balaban J connectivity index is 1.79. The fourth-order valence-electron chi connectivity index (χ4n) is 2.93. The van der Waals surface area contributed by atoms with E-state index in [-0.39, 0.29) is 5.91 Å². The molecule has 0 aliphatic carbocycles. The van der Waals surface area contributed by atoms with Crippen molar-refractivity contribution in [3.05, 3.63) is 62.6 Å². The fraction of sp³-hybridized carbons (Fsp3) is 0.316. The van der Waals surface area contributed by atoms with Crippen molar-refractivity contribution in [2.24, 2.45) is 0 Å². The van der Waals surface area contributed by atoms with Crippen molar-refractivity contribution in [2.45, 2.75) is 40.3 Å². The number of amides is 1. The highest BCUT2D eigenvalue weighted by molar-refractivity contribution is 9.10. The monoisotopic (exact) mass is 449 g/mol. The van der Waals surface area contributed by atoms with E-state index >= 15 is 0 Å². The lowest BCUT2D eigenvalue weighted by Gasteiger charge is -2.15. The maximum Gasteiger partial charge on any atom is 0.249 e. The minimum absolute atomic E-state index is 0.133. The van der Waals surface area contributed by atoms with Crippen molar-refractivity contribution >= 4 is 39.1 Å². The zero-order valence-corrected chi connectivity index (χ0v) is 18.0. The average Bonchev–Trinajstić information content (AvgIpc) is 3.10. The van der Waals surface area contributed by atoms with E-state index in [9.17, 15) is 4.79 Å². The van der Waals surface area contributed by atoms with Crippen molar-refractivity contribution in [3.8, 4) is 0 Å². The molecule has 1 amide bonds. The first kappa shape index (κ1) is 19.6. The third-order valence-corrected chi connectivity index (χ3v) is 5.64. The molecule has 0 saturated carbocycles. The highest BCUT2D eigenvalue weighted by Crippen LogP contribution is 2.24. The van der Waals surface area contributed by atoms with Gasteiger partial charge in [-0.05, 0) is 61.3 Å². The molecular weight excluding hydrogens is 430 g/mol. The summed E-state index contributed by atoms with van der Waals surface area (Å²) >= 11 is 9.37. The lowest BCUT2D eigenvalue weighted by Crippen LogP contribution is -2.25. The molecule has 3 rings (SSSR count).